The van der Waals surface area contributed by atoms with Gasteiger partial charge in [-0.3, -0.25) is 5.73 Å². The predicted molar refractivity (Wildman–Crippen MR) is 33.4 cm³/mol. The fraction of sp³-hybridized carbons (Fsp3) is 1.00. The molecule has 0 aromatic carbocycles. The fourth-order valence-electron chi connectivity index (χ4n) is 0.274. The maximum Gasteiger partial charge on any atom is 0.0603 e. The summed E-state index contributed by atoms with van der Waals surface area (Å²) in [6.45, 7) is 5.80. The summed E-state index contributed by atoms with van der Waals surface area (Å²) < 4.78 is 0. The van der Waals surface area contributed by atoms with E-state index in [1.165, 1.54) is 0 Å². The van der Waals surface area contributed by atoms with Gasteiger partial charge in [0.2, 0.25) is 0 Å². The molecule has 1 atom stereocenters. The molecule has 0 rings (SSSR count). The number of rotatable bonds is 1. The number of nitrogens with one attached hydrogen (secondary N) is 1. The van der Waals surface area contributed by atoms with E-state index in [-0.39, 0.29) is 18.1 Å². The first kappa shape index (κ1) is 7.92. The Balaban J connectivity index is 3.62. The van der Waals surface area contributed by atoms with Gasteiger partial charge in [0.05, 0.1) is 6.61 Å². The van der Waals surface area contributed by atoms with Gasteiger partial charge in [0.1, 0.15) is 0 Å². The molecule has 0 saturated carbocycles. The maximum absolute atomic E-state index is 8.48. The third kappa shape index (κ3) is 2.28. The molecule has 0 aliphatic heterocycles. The van der Waals surface area contributed by atoms with Crippen molar-refractivity contribution in [3.63, 3.8) is 0 Å². The first-order valence-corrected chi connectivity index (χ1v) is 2.80. The topological polar surface area (TPSA) is 44.0 Å². The van der Waals surface area contributed by atoms with E-state index in [2.05, 4.69) is 0 Å². The SMILES string of the molecule is CC(C)(C)C([NH])CO. The molecule has 1 unspecified atom stereocenters. The van der Waals surface area contributed by atoms with Gasteiger partial charge in [-0.25, -0.2) is 0 Å². The van der Waals surface area contributed by atoms with Crippen molar-refractivity contribution >= 4 is 0 Å². The lowest BCUT2D eigenvalue weighted by Gasteiger charge is -2.23. The lowest BCUT2D eigenvalue weighted by atomic mass is 9.88. The molecule has 0 aromatic heterocycles. The van der Waals surface area contributed by atoms with E-state index in [0.717, 1.165) is 0 Å². The van der Waals surface area contributed by atoms with Gasteiger partial charge in [-0.2, -0.15) is 0 Å². The van der Waals surface area contributed by atoms with Crippen LogP contribution in [0.1, 0.15) is 20.8 Å². The summed E-state index contributed by atoms with van der Waals surface area (Å²) >= 11 is 0. The summed E-state index contributed by atoms with van der Waals surface area (Å²) in [5, 5.41) is 8.48. The monoisotopic (exact) mass is 116 g/mol. The van der Waals surface area contributed by atoms with Crippen LogP contribution in [-0.2, 0) is 0 Å². The van der Waals surface area contributed by atoms with Crippen LogP contribution in [0.2, 0.25) is 0 Å². The number of aliphatic hydroxyl groups excluding tert-OH is 1. The van der Waals surface area contributed by atoms with E-state index < -0.39 is 0 Å². The molecular formula is C6H14NO. The van der Waals surface area contributed by atoms with Crippen molar-refractivity contribution in [2.75, 3.05) is 6.61 Å². The van der Waals surface area contributed by atoms with E-state index in [4.69, 9.17) is 10.8 Å². The van der Waals surface area contributed by atoms with E-state index >= 15 is 0 Å². The Bertz CT molecular complexity index is 65.4. The quantitative estimate of drug-likeness (QED) is 0.537. The molecule has 0 bridgehead atoms. The third-order valence-corrected chi connectivity index (χ3v) is 1.23. The van der Waals surface area contributed by atoms with Gasteiger partial charge in [-0.15, -0.1) is 0 Å². The van der Waals surface area contributed by atoms with Crippen molar-refractivity contribution in [2.45, 2.75) is 26.8 Å². The summed E-state index contributed by atoms with van der Waals surface area (Å²) in [6, 6.07) is -0.345. The van der Waals surface area contributed by atoms with Crippen LogP contribution in [0, 0.1) is 5.41 Å². The van der Waals surface area contributed by atoms with Crippen LogP contribution in [0.25, 0.3) is 0 Å². The van der Waals surface area contributed by atoms with Gasteiger partial charge in [0.15, 0.2) is 0 Å². The maximum atomic E-state index is 8.48. The second kappa shape index (κ2) is 2.46. The standard InChI is InChI=1S/C6H14NO/c1-6(2,3)5(7)4-8/h5,7-8H,4H2,1-3H3. The van der Waals surface area contributed by atoms with Crippen molar-refractivity contribution in [1.82, 2.24) is 5.73 Å². The van der Waals surface area contributed by atoms with Gasteiger partial charge >= 0.3 is 0 Å². The molecule has 0 spiro atoms. The van der Waals surface area contributed by atoms with Crippen molar-refractivity contribution < 1.29 is 5.11 Å². The third-order valence-electron chi connectivity index (χ3n) is 1.23. The van der Waals surface area contributed by atoms with Gasteiger partial charge in [-0.05, 0) is 5.41 Å². The Morgan fingerprint density at radius 2 is 1.88 bits per heavy atom. The number of hydrogen-bond donors (Lipinski definition) is 1. The minimum Gasteiger partial charge on any atom is -0.395 e. The molecule has 2 N–H and O–H groups in total. The zero-order chi connectivity index (χ0) is 6.78. The van der Waals surface area contributed by atoms with Gasteiger partial charge in [-0.1, -0.05) is 20.8 Å². The Hall–Kier alpha value is -0.0800. The highest BCUT2D eigenvalue weighted by molar-refractivity contribution is 4.74. The predicted octanol–water partition coefficient (Wildman–Crippen LogP) is 0.676. The largest absolute Gasteiger partial charge is 0.395 e. The summed E-state index contributed by atoms with van der Waals surface area (Å²) in [5.41, 5.74) is 7.15. The molecule has 0 amide bonds. The van der Waals surface area contributed by atoms with Crippen LogP contribution < -0.4 is 5.73 Å². The molecule has 2 heteroatoms. The van der Waals surface area contributed by atoms with Crippen LogP contribution in [0.15, 0.2) is 0 Å². The average molecular weight is 116 g/mol. The normalized spacial score (nSPS) is 16.1. The van der Waals surface area contributed by atoms with E-state index in [9.17, 15) is 0 Å². The van der Waals surface area contributed by atoms with Crippen LogP contribution in [0.4, 0.5) is 0 Å². The molecule has 2 nitrogen and oxygen atoms in total. The number of hydrogen-bond acceptors (Lipinski definition) is 1. The van der Waals surface area contributed by atoms with Gasteiger partial charge in [0.25, 0.3) is 0 Å². The molecule has 0 aliphatic carbocycles. The highest BCUT2D eigenvalue weighted by Gasteiger charge is 2.19. The van der Waals surface area contributed by atoms with Crippen molar-refractivity contribution in [1.29, 1.82) is 0 Å². The van der Waals surface area contributed by atoms with E-state index in [0.29, 0.717) is 0 Å². The zero-order valence-corrected chi connectivity index (χ0v) is 5.73. The molecule has 0 aromatic rings. The molecule has 49 valence electrons. The fourth-order valence-corrected chi connectivity index (χ4v) is 0.274. The highest BCUT2D eigenvalue weighted by atomic mass is 16.3. The van der Waals surface area contributed by atoms with Crippen molar-refractivity contribution in [3.05, 3.63) is 0 Å². The van der Waals surface area contributed by atoms with Crippen LogP contribution in [0.5, 0.6) is 0 Å². The Labute approximate surface area is 50.7 Å². The summed E-state index contributed by atoms with van der Waals surface area (Å²) in [6.07, 6.45) is 0. The zero-order valence-electron chi connectivity index (χ0n) is 5.73. The molecule has 0 saturated heterocycles. The van der Waals surface area contributed by atoms with Crippen LogP contribution in [-0.4, -0.2) is 17.8 Å². The lowest BCUT2D eigenvalue weighted by Crippen LogP contribution is -2.30. The summed E-state index contributed by atoms with van der Waals surface area (Å²) in [5.74, 6) is 0. The van der Waals surface area contributed by atoms with E-state index in [1.54, 1.807) is 0 Å². The Morgan fingerprint density at radius 1 is 1.50 bits per heavy atom. The van der Waals surface area contributed by atoms with Crippen LogP contribution >= 0.6 is 0 Å². The number of aliphatic hydroxyl groups is 1. The van der Waals surface area contributed by atoms with Crippen molar-refractivity contribution in [2.24, 2.45) is 5.41 Å². The Kier molecular flexibility index (Phi) is 2.44. The highest BCUT2D eigenvalue weighted by Crippen LogP contribution is 2.17. The average Bonchev–Trinajstić information content (AvgIpc) is 1.62. The second-order valence-electron chi connectivity index (χ2n) is 3.10. The molecule has 0 aliphatic rings. The smallest absolute Gasteiger partial charge is 0.0603 e. The Morgan fingerprint density at radius 3 is 1.88 bits per heavy atom. The molecule has 1 radical (unpaired) electrons. The van der Waals surface area contributed by atoms with Gasteiger partial charge in [0, 0.05) is 6.04 Å². The van der Waals surface area contributed by atoms with E-state index in [1.807, 2.05) is 20.8 Å². The van der Waals surface area contributed by atoms with Gasteiger partial charge < -0.3 is 5.11 Å². The first-order valence-electron chi connectivity index (χ1n) is 2.80. The molecular weight excluding hydrogens is 102 g/mol. The lowest BCUT2D eigenvalue weighted by molar-refractivity contribution is 0.184. The second-order valence-corrected chi connectivity index (χ2v) is 3.10. The summed E-state index contributed by atoms with van der Waals surface area (Å²) in [4.78, 5) is 0. The summed E-state index contributed by atoms with van der Waals surface area (Å²) in [7, 11) is 0. The van der Waals surface area contributed by atoms with Crippen molar-refractivity contribution in [3.8, 4) is 0 Å². The molecule has 0 heterocycles. The first-order chi connectivity index (χ1) is 3.48. The molecule has 8 heavy (non-hydrogen) atoms. The minimum atomic E-state index is -0.345. The van der Waals surface area contributed by atoms with Crippen LogP contribution in [0.3, 0.4) is 0 Å². The minimum absolute atomic E-state index is 0.0382. The molecule has 0 fully saturated rings.